The van der Waals surface area contributed by atoms with Crippen LogP contribution in [-0.2, 0) is 0 Å². The van der Waals surface area contributed by atoms with Gasteiger partial charge in [0.25, 0.3) is 0 Å². The third kappa shape index (κ3) is 4.81. The van der Waals surface area contributed by atoms with Crippen LogP contribution in [-0.4, -0.2) is 24.0 Å². The summed E-state index contributed by atoms with van der Waals surface area (Å²) in [6.07, 6.45) is -0.448. The van der Waals surface area contributed by atoms with Gasteiger partial charge in [0, 0.05) is 6.54 Å². The van der Waals surface area contributed by atoms with E-state index in [0.29, 0.717) is 6.54 Å². The Hall–Kier alpha value is -1.06. The lowest BCUT2D eigenvalue weighted by atomic mass is 10.2. The van der Waals surface area contributed by atoms with E-state index in [0.717, 1.165) is 5.75 Å². The fourth-order valence-electron chi connectivity index (χ4n) is 1.20. The summed E-state index contributed by atoms with van der Waals surface area (Å²) in [5, 5.41) is 12.2. The number of nitrogens with one attached hydrogen (secondary N) is 1. The molecule has 0 fully saturated rings. The van der Waals surface area contributed by atoms with Gasteiger partial charge in [-0.1, -0.05) is 17.7 Å². The fraction of sp³-hybridized carbons (Fsp3) is 0.500. The van der Waals surface area contributed by atoms with Crippen molar-refractivity contribution in [1.29, 1.82) is 0 Å². The molecule has 0 saturated carbocycles. The van der Waals surface area contributed by atoms with Crippen LogP contribution in [0.2, 0.25) is 0 Å². The van der Waals surface area contributed by atoms with Gasteiger partial charge in [-0.2, -0.15) is 0 Å². The average molecular weight is 209 g/mol. The van der Waals surface area contributed by atoms with Gasteiger partial charge in [0.2, 0.25) is 0 Å². The minimum absolute atomic E-state index is 0.0951. The summed E-state index contributed by atoms with van der Waals surface area (Å²) in [4.78, 5) is 0. The van der Waals surface area contributed by atoms with Gasteiger partial charge in [0.05, 0.1) is 6.10 Å². The predicted molar refractivity (Wildman–Crippen MR) is 61.0 cm³/mol. The first kappa shape index (κ1) is 12.0. The minimum atomic E-state index is -0.353. The van der Waals surface area contributed by atoms with Crippen molar-refractivity contribution in [2.45, 2.75) is 33.1 Å². The largest absolute Gasteiger partial charge is 0.476 e. The quantitative estimate of drug-likeness (QED) is 0.725. The Morgan fingerprint density at radius 1 is 1.27 bits per heavy atom. The van der Waals surface area contributed by atoms with Gasteiger partial charge in [-0.15, -0.1) is 0 Å². The summed E-state index contributed by atoms with van der Waals surface area (Å²) in [6.45, 7) is 6.24. The summed E-state index contributed by atoms with van der Waals surface area (Å²) >= 11 is 0. The second-order valence-corrected chi connectivity index (χ2v) is 3.83. The monoisotopic (exact) mass is 209 g/mol. The predicted octanol–water partition coefficient (Wildman–Crippen LogP) is 1.69. The highest BCUT2D eigenvalue weighted by molar-refractivity contribution is 5.26. The third-order valence-electron chi connectivity index (χ3n) is 2.03. The van der Waals surface area contributed by atoms with Crippen LogP contribution in [0.3, 0.4) is 0 Å². The van der Waals surface area contributed by atoms with Crippen molar-refractivity contribution in [2.24, 2.45) is 0 Å². The van der Waals surface area contributed by atoms with E-state index in [9.17, 15) is 0 Å². The van der Waals surface area contributed by atoms with Gasteiger partial charge in [-0.25, -0.2) is 0 Å². The van der Waals surface area contributed by atoms with E-state index in [1.54, 1.807) is 6.92 Å². The van der Waals surface area contributed by atoms with Crippen molar-refractivity contribution in [1.82, 2.24) is 5.32 Å². The second-order valence-electron chi connectivity index (χ2n) is 3.83. The summed E-state index contributed by atoms with van der Waals surface area (Å²) in [5.74, 6) is 0.839. The van der Waals surface area contributed by atoms with E-state index in [-0.39, 0.29) is 12.3 Å². The smallest absolute Gasteiger partial charge is 0.147 e. The summed E-state index contributed by atoms with van der Waals surface area (Å²) in [6, 6.07) is 7.90. The topological polar surface area (TPSA) is 41.5 Å². The van der Waals surface area contributed by atoms with Crippen molar-refractivity contribution in [3.05, 3.63) is 29.8 Å². The van der Waals surface area contributed by atoms with E-state index in [4.69, 9.17) is 9.84 Å². The number of hydrogen-bond donors (Lipinski definition) is 2. The molecule has 0 radical (unpaired) electrons. The SMILES string of the molecule is Cc1ccc(OC(C)NCC(C)O)cc1. The molecule has 3 heteroatoms. The van der Waals surface area contributed by atoms with E-state index in [1.807, 2.05) is 38.1 Å². The summed E-state index contributed by atoms with van der Waals surface area (Å²) in [7, 11) is 0. The molecule has 0 heterocycles. The van der Waals surface area contributed by atoms with E-state index >= 15 is 0 Å². The Morgan fingerprint density at radius 2 is 1.87 bits per heavy atom. The lowest BCUT2D eigenvalue weighted by Gasteiger charge is -2.17. The molecule has 1 rings (SSSR count). The molecule has 1 aromatic carbocycles. The lowest BCUT2D eigenvalue weighted by molar-refractivity contribution is 0.137. The molecule has 0 spiro atoms. The minimum Gasteiger partial charge on any atom is -0.476 e. The highest BCUT2D eigenvalue weighted by Gasteiger charge is 2.03. The van der Waals surface area contributed by atoms with Gasteiger partial charge >= 0.3 is 0 Å². The standard InChI is InChI=1S/C12H19NO2/c1-9-4-6-12(7-5-9)15-11(3)13-8-10(2)14/h4-7,10-11,13-14H,8H2,1-3H3. The molecule has 15 heavy (non-hydrogen) atoms. The molecule has 0 saturated heterocycles. The third-order valence-corrected chi connectivity index (χ3v) is 2.03. The van der Waals surface area contributed by atoms with Crippen LogP contribution in [0, 0.1) is 6.92 Å². The molecule has 1 aromatic rings. The lowest BCUT2D eigenvalue weighted by Crippen LogP contribution is -2.36. The normalized spacial score (nSPS) is 14.7. The van der Waals surface area contributed by atoms with Gasteiger partial charge in [0.15, 0.2) is 0 Å². The molecule has 0 aliphatic carbocycles. The number of hydrogen-bond acceptors (Lipinski definition) is 3. The Bertz CT molecular complexity index is 282. The Labute approximate surface area is 91.1 Å². The molecule has 0 aromatic heterocycles. The van der Waals surface area contributed by atoms with E-state index in [2.05, 4.69) is 5.32 Å². The Kier molecular flexibility index (Phi) is 4.59. The zero-order valence-corrected chi connectivity index (χ0v) is 9.53. The number of aryl methyl sites for hydroxylation is 1. The van der Waals surface area contributed by atoms with Gasteiger partial charge in [-0.3, -0.25) is 5.32 Å². The molecule has 2 atom stereocenters. The number of benzene rings is 1. The van der Waals surface area contributed by atoms with Gasteiger partial charge in [0.1, 0.15) is 12.0 Å². The molecule has 3 nitrogen and oxygen atoms in total. The van der Waals surface area contributed by atoms with Crippen LogP contribution in [0.1, 0.15) is 19.4 Å². The van der Waals surface area contributed by atoms with Crippen LogP contribution in [0.5, 0.6) is 5.75 Å². The highest BCUT2D eigenvalue weighted by Crippen LogP contribution is 2.12. The zero-order valence-electron chi connectivity index (χ0n) is 9.53. The molecule has 0 amide bonds. The first-order valence-electron chi connectivity index (χ1n) is 5.22. The maximum absolute atomic E-state index is 9.09. The van der Waals surface area contributed by atoms with E-state index < -0.39 is 0 Å². The molecule has 2 N–H and O–H groups in total. The molecule has 2 unspecified atom stereocenters. The molecular formula is C12H19NO2. The zero-order chi connectivity index (χ0) is 11.3. The Balaban J connectivity index is 2.37. The van der Waals surface area contributed by atoms with Crippen LogP contribution >= 0.6 is 0 Å². The first-order valence-corrected chi connectivity index (χ1v) is 5.22. The number of rotatable bonds is 5. The molecular weight excluding hydrogens is 190 g/mol. The van der Waals surface area contributed by atoms with Gasteiger partial charge in [-0.05, 0) is 32.9 Å². The molecule has 84 valence electrons. The van der Waals surface area contributed by atoms with Crippen LogP contribution in [0.15, 0.2) is 24.3 Å². The molecule has 0 bridgehead atoms. The molecule has 0 aliphatic heterocycles. The number of aliphatic hydroxyl groups excluding tert-OH is 1. The van der Waals surface area contributed by atoms with Crippen molar-refractivity contribution in [2.75, 3.05) is 6.54 Å². The van der Waals surface area contributed by atoms with E-state index in [1.165, 1.54) is 5.56 Å². The van der Waals surface area contributed by atoms with Crippen molar-refractivity contribution < 1.29 is 9.84 Å². The Morgan fingerprint density at radius 3 is 2.40 bits per heavy atom. The van der Waals surface area contributed by atoms with Crippen LogP contribution < -0.4 is 10.1 Å². The fourth-order valence-corrected chi connectivity index (χ4v) is 1.20. The average Bonchev–Trinajstić information content (AvgIpc) is 2.19. The van der Waals surface area contributed by atoms with Crippen LogP contribution in [0.25, 0.3) is 0 Å². The van der Waals surface area contributed by atoms with Crippen LogP contribution in [0.4, 0.5) is 0 Å². The molecule has 0 aliphatic rings. The highest BCUT2D eigenvalue weighted by atomic mass is 16.5. The van der Waals surface area contributed by atoms with Crippen molar-refractivity contribution in [3.63, 3.8) is 0 Å². The second kappa shape index (κ2) is 5.73. The number of aliphatic hydroxyl groups is 1. The maximum Gasteiger partial charge on any atom is 0.147 e. The summed E-state index contributed by atoms with van der Waals surface area (Å²) in [5.41, 5.74) is 1.21. The van der Waals surface area contributed by atoms with Crippen molar-refractivity contribution >= 4 is 0 Å². The van der Waals surface area contributed by atoms with Gasteiger partial charge < -0.3 is 9.84 Å². The first-order chi connectivity index (χ1) is 7.08. The van der Waals surface area contributed by atoms with Crippen molar-refractivity contribution in [3.8, 4) is 5.75 Å². The summed E-state index contributed by atoms with van der Waals surface area (Å²) < 4.78 is 5.60. The number of ether oxygens (including phenoxy) is 1. The maximum atomic E-state index is 9.09.